The number of aryl methyl sites for hydroxylation is 1. The Hall–Kier alpha value is -3.21. The van der Waals surface area contributed by atoms with Crippen LogP contribution in [0, 0.1) is 18.3 Å². The van der Waals surface area contributed by atoms with E-state index in [-0.39, 0.29) is 17.0 Å². The second kappa shape index (κ2) is 5.62. The van der Waals surface area contributed by atoms with Gasteiger partial charge in [0.25, 0.3) is 0 Å². The number of carboxylic acid groups (broad SMARTS) is 1. The highest BCUT2D eigenvalue weighted by atomic mass is 16.4. The van der Waals surface area contributed by atoms with E-state index in [4.69, 9.17) is 10.4 Å². The first-order chi connectivity index (χ1) is 9.61. The first kappa shape index (κ1) is 13.2. The van der Waals surface area contributed by atoms with Crippen LogP contribution in [-0.2, 0) is 0 Å². The molecular formula is C12H10N6O2. The molecule has 0 saturated carbocycles. The minimum Gasteiger partial charge on any atom is -0.478 e. The predicted molar refractivity (Wildman–Crippen MR) is 69.5 cm³/mol. The summed E-state index contributed by atoms with van der Waals surface area (Å²) in [7, 11) is 0. The third-order valence-electron chi connectivity index (χ3n) is 2.56. The first-order valence-electron chi connectivity index (χ1n) is 5.56. The Morgan fingerprint density at radius 2 is 2.35 bits per heavy atom. The molecule has 3 N–H and O–H groups in total. The number of nitriles is 1. The standard InChI is InChI=1S/C12H10N6O2/c1-7-2-3-8(12(19)20)4-10(7)14-6-9(5-13)11-15-17-18-16-11/h2-4,6,14H,1H3,(H,19,20)(H,15,16,17,18). The van der Waals surface area contributed by atoms with Gasteiger partial charge in [-0.2, -0.15) is 10.5 Å². The van der Waals surface area contributed by atoms with Gasteiger partial charge in [0.1, 0.15) is 11.6 Å². The zero-order valence-electron chi connectivity index (χ0n) is 10.5. The van der Waals surface area contributed by atoms with Gasteiger partial charge in [-0.15, -0.1) is 10.2 Å². The van der Waals surface area contributed by atoms with E-state index in [9.17, 15) is 4.79 Å². The van der Waals surface area contributed by atoms with Crippen molar-refractivity contribution < 1.29 is 9.90 Å². The van der Waals surface area contributed by atoms with E-state index in [0.29, 0.717) is 5.69 Å². The number of nitrogens with one attached hydrogen (secondary N) is 2. The van der Waals surface area contributed by atoms with Crippen molar-refractivity contribution in [3.05, 3.63) is 41.4 Å². The zero-order valence-corrected chi connectivity index (χ0v) is 10.5. The molecule has 0 radical (unpaired) electrons. The third-order valence-corrected chi connectivity index (χ3v) is 2.56. The maximum Gasteiger partial charge on any atom is 0.335 e. The fraction of sp³-hybridized carbons (Fsp3) is 0.0833. The van der Waals surface area contributed by atoms with Crippen molar-refractivity contribution in [2.75, 3.05) is 5.32 Å². The number of aromatic amines is 1. The lowest BCUT2D eigenvalue weighted by Crippen LogP contribution is -2.00. The highest BCUT2D eigenvalue weighted by Crippen LogP contribution is 2.18. The molecule has 0 spiro atoms. The fourth-order valence-corrected chi connectivity index (χ4v) is 1.48. The van der Waals surface area contributed by atoms with E-state index in [1.165, 1.54) is 18.3 Å². The average Bonchev–Trinajstić information content (AvgIpc) is 2.95. The molecule has 1 aromatic heterocycles. The van der Waals surface area contributed by atoms with Crippen molar-refractivity contribution >= 4 is 17.2 Å². The topological polar surface area (TPSA) is 128 Å². The van der Waals surface area contributed by atoms with Crippen LogP contribution in [0.25, 0.3) is 5.57 Å². The third kappa shape index (κ3) is 2.78. The molecule has 0 aliphatic rings. The largest absolute Gasteiger partial charge is 0.478 e. The van der Waals surface area contributed by atoms with Gasteiger partial charge in [0, 0.05) is 11.9 Å². The number of carbonyl (C=O) groups is 1. The van der Waals surface area contributed by atoms with Crippen LogP contribution in [0.1, 0.15) is 21.7 Å². The average molecular weight is 270 g/mol. The number of H-pyrrole nitrogens is 1. The molecule has 8 nitrogen and oxygen atoms in total. The van der Waals surface area contributed by atoms with Crippen LogP contribution in [0.3, 0.4) is 0 Å². The van der Waals surface area contributed by atoms with Crippen molar-refractivity contribution in [2.45, 2.75) is 6.92 Å². The Bertz CT molecular complexity index is 699. The molecule has 2 aromatic rings. The number of allylic oxidation sites excluding steroid dienone is 1. The molecule has 100 valence electrons. The lowest BCUT2D eigenvalue weighted by molar-refractivity contribution is 0.0697. The molecule has 0 saturated heterocycles. The molecule has 0 unspecified atom stereocenters. The maximum atomic E-state index is 10.9. The van der Waals surface area contributed by atoms with Gasteiger partial charge in [-0.25, -0.2) is 4.79 Å². The summed E-state index contributed by atoms with van der Waals surface area (Å²) in [5.41, 5.74) is 1.77. The minimum atomic E-state index is -1.02. The molecule has 2 rings (SSSR count). The van der Waals surface area contributed by atoms with Gasteiger partial charge in [0.2, 0.25) is 5.82 Å². The summed E-state index contributed by atoms with van der Waals surface area (Å²) in [5.74, 6) is -0.859. The Balaban J connectivity index is 2.28. The van der Waals surface area contributed by atoms with Crippen LogP contribution >= 0.6 is 0 Å². The van der Waals surface area contributed by atoms with Gasteiger partial charge < -0.3 is 10.4 Å². The van der Waals surface area contributed by atoms with E-state index in [1.54, 1.807) is 6.07 Å². The Labute approximate surface area is 113 Å². The van der Waals surface area contributed by atoms with Gasteiger partial charge in [0.05, 0.1) is 5.56 Å². The number of hydrogen-bond donors (Lipinski definition) is 3. The lowest BCUT2D eigenvalue weighted by Gasteiger charge is -2.06. The van der Waals surface area contributed by atoms with Crippen molar-refractivity contribution in [2.24, 2.45) is 0 Å². The van der Waals surface area contributed by atoms with Crippen LogP contribution in [0.4, 0.5) is 5.69 Å². The number of rotatable bonds is 4. The summed E-state index contributed by atoms with van der Waals surface area (Å²) in [4.78, 5) is 10.9. The van der Waals surface area contributed by atoms with Crippen molar-refractivity contribution in [3.63, 3.8) is 0 Å². The Kier molecular flexibility index (Phi) is 3.72. The molecule has 0 bridgehead atoms. The second-order valence-electron chi connectivity index (χ2n) is 3.88. The molecule has 1 aromatic carbocycles. The molecule has 20 heavy (non-hydrogen) atoms. The Morgan fingerprint density at radius 1 is 1.55 bits per heavy atom. The monoisotopic (exact) mass is 270 g/mol. The van der Waals surface area contributed by atoms with Crippen LogP contribution < -0.4 is 5.32 Å². The summed E-state index contributed by atoms with van der Waals surface area (Å²) in [6.07, 6.45) is 1.40. The normalized spacial score (nSPS) is 10.9. The second-order valence-corrected chi connectivity index (χ2v) is 3.88. The highest BCUT2D eigenvalue weighted by Gasteiger charge is 2.08. The first-order valence-corrected chi connectivity index (χ1v) is 5.56. The molecule has 1 heterocycles. The highest BCUT2D eigenvalue weighted by molar-refractivity contribution is 5.89. The molecule has 0 fully saturated rings. The van der Waals surface area contributed by atoms with Gasteiger partial charge in [0.15, 0.2) is 0 Å². The van der Waals surface area contributed by atoms with Gasteiger partial charge in [-0.05, 0) is 29.8 Å². The van der Waals surface area contributed by atoms with Crippen molar-refractivity contribution in [1.29, 1.82) is 5.26 Å². The number of aromatic carboxylic acids is 1. The zero-order chi connectivity index (χ0) is 14.5. The molecule has 0 aliphatic heterocycles. The molecular weight excluding hydrogens is 260 g/mol. The number of hydrogen-bond acceptors (Lipinski definition) is 6. The SMILES string of the molecule is Cc1ccc(C(=O)O)cc1NC=C(C#N)c1nn[nH]n1. The number of benzene rings is 1. The number of carboxylic acids is 1. The summed E-state index contributed by atoms with van der Waals surface area (Å²) < 4.78 is 0. The van der Waals surface area contributed by atoms with E-state index in [1.807, 2.05) is 13.0 Å². The molecule has 0 amide bonds. The van der Waals surface area contributed by atoms with Gasteiger partial charge >= 0.3 is 5.97 Å². The molecule has 0 atom stereocenters. The number of nitrogens with zero attached hydrogens (tertiary/aromatic N) is 4. The van der Waals surface area contributed by atoms with E-state index < -0.39 is 5.97 Å². The fourth-order valence-electron chi connectivity index (χ4n) is 1.48. The summed E-state index contributed by atoms with van der Waals surface area (Å²) in [6, 6.07) is 6.61. The summed E-state index contributed by atoms with van der Waals surface area (Å²) in [6.45, 7) is 1.82. The maximum absolute atomic E-state index is 10.9. The molecule has 0 aliphatic carbocycles. The van der Waals surface area contributed by atoms with Crippen molar-refractivity contribution in [3.8, 4) is 6.07 Å². The number of anilines is 1. The van der Waals surface area contributed by atoms with Crippen LogP contribution in [0.15, 0.2) is 24.4 Å². The van der Waals surface area contributed by atoms with E-state index >= 15 is 0 Å². The minimum absolute atomic E-state index is 0.157. The quantitative estimate of drug-likeness (QED) is 0.711. The number of aromatic nitrogens is 4. The van der Waals surface area contributed by atoms with Gasteiger partial charge in [-0.1, -0.05) is 6.07 Å². The van der Waals surface area contributed by atoms with E-state index in [2.05, 4.69) is 25.9 Å². The van der Waals surface area contributed by atoms with Crippen molar-refractivity contribution in [1.82, 2.24) is 20.6 Å². The Morgan fingerprint density at radius 3 is 2.95 bits per heavy atom. The summed E-state index contributed by atoms with van der Waals surface area (Å²) in [5, 5.41) is 33.8. The van der Waals surface area contributed by atoms with Crippen LogP contribution in [0.5, 0.6) is 0 Å². The smallest absolute Gasteiger partial charge is 0.335 e. The predicted octanol–water partition coefficient (Wildman–Crippen LogP) is 1.18. The van der Waals surface area contributed by atoms with Gasteiger partial charge in [-0.3, -0.25) is 0 Å². The van der Waals surface area contributed by atoms with Crippen LogP contribution in [-0.4, -0.2) is 31.7 Å². The lowest BCUT2D eigenvalue weighted by atomic mass is 10.1. The van der Waals surface area contributed by atoms with Crippen LogP contribution in [0.2, 0.25) is 0 Å². The molecule has 8 heteroatoms. The number of tetrazole rings is 1. The van der Waals surface area contributed by atoms with E-state index in [0.717, 1.165) is 5.56 Å². The summed E-state index contributed by atoms with van der Waals surface area (Å²) >= 11 is 0.